The molecule has 146 valence electrons. The molecule has 1 aromatic rings. The van der Waals surface area contributed by atoms with Crippen LogP contribution >= 0.6 is 0 Å². The molecule has 0 aliphatic carbocycles. The highest BCUT2D eigenvalue weighted by Gasteiger charge is 2.21. The second-order valence-corrected chi connectivity index (χ2v) is 6.48. The summed E-state index contributed by atoms with van der Waals surface area (Å²) < 4.78 is 16.3. The maximum absolute atomic E-state index is 5.93. The lowest BCUT2D eigenvalue weighted by Gasteiger charge is -2.34. The zero-order chi connectivity index (χ0) is 18.6. The fourth-order valence-electron chi connectivity index (χ4n) is 3.17. The second kappa shape index (κ2) is 11.8. The number of benzene rings is 1. The van der Waals surface area contributed by atoms with Crippen molar-refractivity contribution in [3.63, 3.8) is 0 Å². The van der Waals surface area contributed by atoms with E-state index in [0.29, 0.717) is 6.10 Å². The summed E-state index contributed by atoms with van der Waals surface area (Å²) in [5.41, 5.74) is 1.26. The van der Waals surface area contributed by atoms with Gasteiger partial charge in [0.15, 0.2) is 5.96 Å². The Morgan fingerprint density at radius 1 is 1.23 bits per heavy atom. The van der Waals surface area contributed by atoms with Gasteiger partial charge < -0.3 is 24.4 Å². The summed E-state index contributed by atoms with van der Waals surface area (Å²) in [6, 6.07) is 8.20. The lowest BCUT2D eigenvalue weighted by molar-refractivity contribution is 0.00992. The van der Waals surface area contributed by atoms with E-state index in [-0.39, 0.29) is 0 Å². The number of nitrogens with zero attached hydrogens (tertiary/aromatic N) is 2. The third kappa shape index (κ3) is 6.84. The Morgan fingerprint density at radius 2 is 2.04 bits per heavy atom. The van der Waals surface area contributed by atoms with Crippen LogP contribution in [-0.4, -0.2) is 71.1 Å². The van der Waals surface area contributed by atoms with Gasteiger partial charge in [-0.05, 0) is 43.4 Å². The molecule has 0 atom stereocenters. The van der Waals surface area contributed by atoms with Crippen molar-refractivity contribution in [1.29, 1.82) is 0 Å². The maximum Gasteiger partial charge on any atom is 0.193 e. The predicted molar refractivity (Wildman–Crippen MR) is 105 cm³/mol. The second-order valence-electron chi connectivity index (χ2n) is 6.48. The number of likely N-dealkylation sites (tertiary alicyclic amines) is 1. The Morgan fingerprint density at radius 3 is 2.73 bits per heavy atom. The van der Waals surface area contributed by atoms with E-state index in [1.165, 1.54) is 5.56 Å². The number of ether oxygens (including phenoxy) is 3. The molecule has 0 saturated carbocycles. The van der Waals surface area contributed by atoms with Crippen LogP contribution in [0.3, 0.4) is 0 Å². The van der Waals surface area contributed by atoms with E-state index in [1.807, 2.05) is 19.2 Å². The van der Waals surface area contributed by atoms with E-state index in [9.17, 15) is 0 Å². The van der Waals surface area contributed by atoms with Gasteiger partial charge in [0.25, 0.3) is 0 Å². The van der Waals surface area contributed by atoms with Crippen molar-refractivity contribution in [2.24, 2.45) is 4.99 Å². The fraction of sp³-hybridized carbons (Fsp3) is 0.650. The molecule has 26 heavy (non-hydrogen) atoms. The lowest BCUT2D eigenvalue weighted by Crippen LogP contribution is -2.47. The van der Waals surface area contributed by atoms with E-state index in [4.69, 9.17) is 14.2 Å². The largest absolute Gasteiger partial charge is 0.497 e. The van der Waals surface area contributed by atoms with Gasteiger partial charge in [0.1, 0.15) is 5.75 Å². The lowest BCUT2D eigenvalue weighted by atomic mass is 10.1. The molecule has 0 bridgehead atoms. The Balaban J connectivity index is 1.69. The Labute approximate surface area is 157 Å². The first-order valence-corrected chi connectivity index (χ1v) is 9.46. The van der Waals surface area contributed by atoms with Crippen LogP contribution in [0.25, 0.3) is 0 Å². The summed E-state index contributed by atoms with van der Waals surface area (Å²) in [6.45, 7) is 4.36. The minimum absolute atomic E-state index is 0.359. The molecule has 1 N–H and O–H groups in total. The molecular formula is C20H33N3O3. The van der Waals surface area contributed by atoms with Crippen molar-refractivity contribution < 1.29 is 14.2 Å². The van der Waals surface area contributed by atoms with Crippen molar-refractivity contribution in [1.82, 2.24) is 10.2 Å². The highest BCUT2D eigenvalue weighted by molar-refractivity contribution is 5.79. The first kappa shape index (κ1) is 20.5. The van der Waals surface area contributed by atoms with Crippen molar-refractivity contribution >= 4 is 5.96 Å². The quantitative estimate of drug-likeness (QED) is 0.415. The van der Waals surface area contributed by atoms with E-state index >= 15 is 0 Å². The maximum atomic E-state index is 5.93. The number of aliphatic imine (C=N–C) groups is 1. The molecule has 1 heterocycles. The standard InChI is InChI=1S/C20H33N3O3/c1-21-20(22-11-8-17-6-4-7-19(16-17)25-3)23-12-9-18(10-13-23)26-15-5-14-24-2/h4,6-7,16,18H,5,8-15H2,1-3H3,(H,21,22). The van der Waals surface area contributed by atoms with Crippen LogP contribution in [0, 0.1) is 0 Å². The van der Waals surface area contributed by atoms with Crippen LogP contribution in [-0.2, 0) is 15.9 Å². The van der Waals surface area contributed by atoms with Crippen LogP contribution in [0.4, 0.5) is 0 Å². The van der Waals surface area contributed by atoms with Crippen LogP contribution < -0.4 is 10.1 Å². The third-order valence-electron chi connectivity index (χ3n) is 4.63. The zero-order valence-electron chi connectivity index (χ0n) is 16.4. The molecule has 1 aliphatic heterocycles. The molecule has 2 rings (SSSR count). The van der Waals surface area contributed by atoms with Crippen LogP contribution in [0.15, 0.2) is 29.3 Å². The summed E-state index contributed by atoms with van der Waals surface area (Å²) in [4.78, 5) is 6.76. The molecule has 1 aliphatic rings. The summed E-state index contributed by atoms with van der Waals surface area (Å²) in [5, 5.41) is 3.48. The van der Waals surface area contributed by atoms with Crippen molar-refractivity contribution in [2.75, 3.05) is 54.1 Å². The molecule has 1 fully saturated rings. The van der Waals surface area contributed by atoms with Gasteiger partial charge in [0, 0.05) is 47.0 Å². The van der Waals surface area contributed by atoms with E-state index in [2.05, 4.69) is 27.3 Å². The Bertz CT molecular complexity index is 543. The third-order valence-corrected chi connectivity index (χ3v) is 4.63. The molecule has 0 unspecified atom stereocenters. The van der Waals surface area contributed by atoms with Gasteiger partial charge in [-0.25, -0.2) is 0 Å². The topological polar surface area (TPSA) is 55.3 Å². The summed E-state index contributed by atoms with van der Waals surface area (Å²) in [7, 11) is 5.27. The van der Waals surface area contributed by atoms with Crippen LogP contribution in [0.1, 0.15) is 24.8 Å². The molecule has 0 radical (unpaired) electrons. The SMILES string of the molecule is CN=C(NCCc1cccc(OC)c1)N1CCC(OCCCOC)CC1. The normalized spacial score (nSPS) is 16.0. The highest BCUT2D eigenvalue weighted by Crippen LogP contribution is 2.15. The smallest absolute Gasteiger partial charge is 0.193 e. The van der Waals surface area contributed by atoms with E-state index < -0.39 is 0 Å². The molecule has 0 amide bonds. The monoisotopic (exact) mass is 363 g/mol. The van der Waals surface area contributed by atoms with Crippen molar-refractivity contribution in [3.05, 3.63) is 29.8 Å². The highest BCUT2D eigenvalue weighted by atomic mass is 16.5. The van der Waals surface area contributed by atoms with E-state index in [1.54, 1.807) is 14.2 Å². The molecule has 0 spiro atoms. The number of nitrogens with one attached hydrogen (secondary N) is 1. The summed E-state index contributed by atoms with van der Waals surface area (Å²) in [5.74, 6) is 1.88. The van der Waals surface area contributed by atoms with Gasteiger partial charge in [0.2, 0.25) is 0 Å². The number of piperidine rings is 1. The molecular weight excluding hydrogens is 330 g/mol. The van der Waals surface area contributed by atoms with Crippen molar-refractivity contribution in [3.8, 4) is 5.75 Å². The van der Waals surface area contributed by atoms with Crippen molar-refractivity contribution in [2.45, 2.75) is 31.8 Å². The average molecular weight is 364 g/mol. The van der Waals surface area contributed by atoms with Gasteiger partial charge in [-0.15, -0.1) is 0 Å². The average Bonchev–Trinajstić information content (AvgIpc) is 2.69. The molecule has 0 aromatic heterocycles. The predicted octanol–water partition coefficient (Wildman–Crippen LogP) is 2.33. The zero-order valence-corrected chi connectivity index (χ0v) is 16.4. The number of hydrogen-bond acceptors (Lipinski definition) is 4. The minimum Gasteiger partial charge on any atom is -0.497 e. The van der Waals surface area contributed by atoms with Gasteiger partial charge in [0.05, 0.1) is 13.2 Å². The Kier molecular flexibility index (Phi) is 9.28. The molecule has 1 aromatic carbocycles. The van der Waals surface area contributed by atoms with Gasteiger partial charge >= 0.3 is 0 Å². The van der Waals surface area contributed by atoms with Crippen LogP contribution in [0.2, 0.25) is 0 Å². The van der Waals surface area contributed by atoms with E-state index in [0.717, 1.165) is 70.2 Å². The summed E-state index contributed by atoms with van der Waals surface area (Å²) >= 11 is 0. The molecule has 6 nitrogen and oxygen atoms in total. The summed E-state index contributed by atoms with van der Waals surface area (Å²) in [6.07, 6.45) is 4.35. The van der Waals surface area contributed by atoms with Crippen LogP contribution in [0.5, 0.6) is 5.75 Å². The number of hydrogen-bond donors (Lipinski definition) is 1. The Hall–Kier alpha value is -1.79. The first-order valence-electron chi connectivity index (χ1n) is 9.46. The minimum atomic E-state index is 0.359. The van der Waals surface area contributed by atoms with Gasteiger partial charge in [-0.1, -0.05) is 12.1 Å². The van der Waals surface area contributed by atoms with Gasteiger partial charge in [-0.3, -0.25) is 4.99 Å². The number of guanidine groups is 1. The number of methoxy groups -OCH3 is 2. The number of rotatable bonds is 9. The molecule has 1 saturated heterocycles. The first-order chi connectivity index (χ1) is 12.8. The molecule has 6 heteroatoms. The van der Waals surface area contributed by atoms with Gasteiger partial charge in [-0.2, -0.15) is 0 Å². The fourth-order valence-corrected chi connectivity index (χ4v) is 3.17.